The first-order chi connectivity index (χ1) is 13.7. The van der Waals surface area contributed by atoms with Gasteiger partial charge < -0.3 is 9.84 Å². The van der Waals surface area contributed by atoms with Gasteiger partial charge in [0, 0.05) is 0 Å². The van der Waals surface area contributed by atoms with E-state index in [2.05, 4.69) is 17.1 Å². The molecule has 4 aromatic rings. The van der Waals surface area contributed by atoms with Crippen LogP contribution in [0.5, 0.6) is 5.75 Å². The highest BCUT2D eigenvalue weighted by Gasteiger charge is 2.10. The predicted molar refractivity (Wildman–Crippen MR) is 109 cm³/mol. The highest BCUT2D eigenvalue weighted by Crippen LogP contribution is 2.22. The molecule has 0 fully saturated rings. The van der Waals surface area contributed by atoms with Gasteiger partial charge in [-0.1, -0.05) is 54.6 Å². The SMILES string of the molecule is O=c1c2ccccc2ncn1CC(O)COc1ccc(-c2ccccc2)cc1. The summed E-state index contributed by atoms with van der Waals surface area (Å²) in [4.78, 5) is 16.7. The van der Waals surface area contributed by atoms with Crippen molar-refractivity contribution in [2.75, 3.05) is 6.61 Å². The van der Waals surface area contributed by atoms with Crippen LogP contribution in [0.4, 0.5) is 0 Å². The van der Waals surface area contributed by atoms with Crippen molar-refractivity contribution in [1.29, 1.82) is 0 Å². The van der Waals surface area contributed by atoms with E-state index >= 15 is 0 Å². The summed E-state index contributed by atoms with van der Waals surface area (Å²) in [6, 6.07) is 25.0. The lowest BCUT2D eigenvalue weighted by atomic mass is 10.1. The van der Waals surface area contributed by atoms with Crippen molar-refractivity contribution < 1.29 is 9.84 Å². The zero-order valence-electron chi connectivity index (χ0n) is 15.2. The van der Waals surface area contributed by atoms with Gasteiger partial charge in [-0.05, 0) is 35.4 Å². The van der Waals surface area contributed by atoms with Crippen LogP contribution in [-0.2, 0) is 6.54 Å². The first kappa shape index (κ1) is 17.9. The molecule has 0 bridgehead atoms. The Kier molecular flexibility index (Phi) is 5.17. The first-order valence-corrected chi connectivity index (χ1v) is 9.11. The van der Waals surface area contributed by atoms with Crippen molar-refractivity contribution in [2.24, 2.45) is 0 Å². The number of aromatic nitrogens is 2. The van der Waals surface area contributed by atoms with E-state index in [1.54, 1.807) is 18.2 Å². The zero-order chi connectivity index (χ0) is 19.3. The van der Waals surface area contributed by atoms with Gasteiger partial charge >= 0.3 is 0 Å². The minimum Gasteiger partial charge on any atom is -0.491 e. The number of benzene rings is 3. The van der Waals surface area contributed by atoms with Gasteiger partial charge in [0.1, 0.15) is 18.5 Å². The van der Waals surface area contributed by atoms with E-state index in [9.17, 15) is 9.90 Å². The molecule has 0 amide bonds. The fraction of sp³-hybridized carbons (Fsp3) is 0.130. The second kappa shape index (κ2) is 8.06. The van der Waals surface area contributed by atoms with Crippen molar-refractivity contribution >= 4 is 10.9 Å². The lowest BCUT2D eigenvalue weighted by molar-refractivity contribution is 0.0915. The molecule has 5 nitrogen and oxygen atoms in total. The highest BCUT2D eigenvalue weighted by molar-refractivity contribution is 5.76. The third kappa shape index (κ3) is 3.94. The minimum atomic E-state index is -0.825. The number of hydrogen-bond acceptors (Lipinski definition) is 4. The van der Waals surface area contributed by atoms with Crippen LogP contribution in [-0.4, -0.2) is 27.4 Å². The summed E-state index contributed by atoms with van der Waals surface area (Å²) in [5, 5.41) is 10.8. The molecule has 0 aliphatic heterocycles. The Morgan fingerprint density at radius 3 is 2.36 bits per heavy atom. The van der Waals surface area contributed by atoms with Gasteiger partial charge in [0.2, 0.25) is 0 Å². The van der Waals surface area contributed by atoms with Crippen molar-refractivity contribution in [3.8, 4) is 16.9 Å². The Morgan fingerprint density at radius 1 is 0.893 bits per heavy atom. The van der Waals surface area contributed by atoms with Crippen LogP contribution in [0.25, 0.3) is 22.0 Å². The van der Waals surface area contributed by atoms with Crippen molar-refractivity contribution in [3.63, 3.8) is 0 Å². The van der Waals surface area contributed by atoms with E-state index in [0.29, 0.717) is 16.7 Å². The predicted octanol–water partition coefficient (Wildman–Crippen LogP) is 3.50. The molecule has 140 valence electrons. The summed E-state index contributed by atoms with van der Waals surface area (Å²) in [6.07, 6.45) is 0.636. The van der Waals surface area contributed by atoms with Gasteiger partial charge in [-0.2, -0.15) is 0 Å². The Hall–Kier alpha value is -3.44. The highest BCUT2D eigenvalue weighted by atomic mass is 16.5. The molecule has 0 spiro atoms. The van der Waals surface area contributed by atoms with E-state index in [1.807, 2.05) is 48.5 Å². The summed E-state index contributed by atoms with van der Waals surface area (Å²) in [5.41, 5.74) is 2.71. The molecule has 5 heteroatoms. The first-order valence-electron chi connectivity index (χ1n) is 9.11. The molecule has 0 aliphatic carbocycles. The number of aliphatic hydroxyl groups excluding tert-OH is 1. The second-order valence-electron chi connectivity index (χ2n) is 6.57. The normalized spacial score (nSPS) is 12.0. The third-order valence-electron chi connectivity index (χ3n) is 4.54. The Morgan fingerprint density at radius 2 is 1.57 bits per heavy atom. The van der Waals surface area contributed by atoms with Gasteiger partial charge in [0.15, 0.2) is 0 Å². The minimum absolute atomic E-state index is 0.0873. The average Bonchev–Trinajstić information content (AvgIpc) is 2.75. The van der Waals surface area contributed by atoms with Gasteiger partial charge in [0.25, 0.3) is 5.56 Å². The molecule has 1 unspecified atom stereocenters. The van der Waals surface area contributed by atoms with Crippen LogP contribution < -0.4 is 10.3 Å². The maximum absolute atomic E-state index is 12.5. The fourth-order valence-corrected chi connectivity index (χ4v) is 3.08. The molecular weight excluding hydrogens is 352 g/mol. The Labute approximate surface area is 162 Å². The molecule has 28 heavy (non-hydrogen) atoms. The topological polar surface area (TPSA) is 64.4 Å². The van der Waals surface area contributed by atoms with Crippen LogP contribution in [0.2, 0.25) is 0 Å². The third-order valence-corrected chi connectivity index (χ3v) is 4.54. The maximum atomic E-state index is 12.5. The molecule has 1 atom stereocenters. The Bertz CT molecular complexity index is 1120. The second-order valence-corrected chi connectivity index (χ2v) is 6.57. The quantitative estimate of drug-likeness (QED) is 0.563. The lowest BCUT2D eigenvalue weighted by Crippen LogP contribution is -2.30. The lowest BCUT2D eigenvalue weighted by Gasteiger charge is -2.14. The summed E-state index contributed by atoms with van der Waals surface area (Å²) < 4.78 is 7.08. The number of para-hydroxylation sites is 1. The van der Waals surface area contributed by atoms with Crippen molar-refractivity contribution in [1.82, 2.24) is 9.55 Å². The van der Waals surface area contributed by atoms with E-state index in [4.69, 9.17) is 4.74 Å². The molecule has 4 rings (SSSR count). The standard InChI is InChI=1S/C23H20N2O3/c26-19(14-25-16-24-22-9-5-4-8-21(22)23(25)27)15-28-20-12-10-18(11-13-20)17-6-2-1-3-7-17/h1-13,16,19,26H,14-15H2. The molecular formula is C23H20N2O3. The molecule has 0 radical (unpaired) electrons. The maximum Gasteiger partial charge on any atom is 0.261 e. The average molecular weight is 372 g/mol. The van der Waals surface area contributed by atoms with Crippen LogP contribution in [0.1, 0.15) is 0 Å². The molecule has 0 saturated carbocycles. The molecule has 1 heterocycles. The molecule has 0 saturated heterocycles. The van der Waals surface area contributed by atoms with Crippen LogP contribution in [0.15, 0.2) is 90.0 Å². The molecule has 0 aliphatic rings. The number of nitrogens with zero attached hydrogens (tertiary/aromatic N) is 2. The van der Waals surface area contributed by atoms with Gasteiger partial charge in [-0.25, -0.2) is 4.98 Å². The van der Waals surface area contributed by atoms with E-state index < -0.39 is 6.10 Å². The summed E-state index contributed by atoms with van der Waals surface area (Å²) in [5.74, 6) is 0.669. The van der Waals surface area contributed by atoms with Gasteiger partial charge in [-0.3, -0.25) is 9.36 Å². The van der Waals surface area contributed by atoms with E-state index in [1.165, 1.54) is 10.9 Å². The van der Waals surface area contributed by atoms with Crippen LogP contribution in [0, 0.1) is 0 Å². The number of hydrogen-bond donors (Lipinski definition) is 1. The van der Waals surface area contributed by atoms with E-state index in [0.717, 1.165) is 11.1 Å². The molecule has 1 N–H and O–H groups in total. The largest absolute Gasteiger partial charge is 0.491 e. The molecule has 1 aromatic heterocycles. The van der Waals surface area contributed by atoms with Crippen LogP contribution in [0.3, 0.4) is 0 Å². The number of ether oxygens (including phenoxy) is 1. The fourth-order valence-electron chi connectivity index (χ4n) is 3.08. The Balaban J connectivity index is 1.39. The van der Waals surface area contributed by atoms with Gasteiger partial charge in [0.05, 0.1) is 23.8 Å². The van der Waals surface area contributed by atoms with Crippen molar-refractivity contribution in [2.45, 2.75) is 12.6 Å². The monoisotopic (exact) mass is 372 g/mol. The van der Waals surface area contributed by atoms with Crippen molar-refractivity contribution in [3.05, 3.63) is 95.5 Å². The number of fused-ring (bicyclic) bond motifs is 1. The van der Waals surface area contributed by atoms with Crippen LogP contribution >= 0.6 is 0 Å². The summed E-state index contributed by atoms with van der Waals surface area (Å²) >= 11 is 0. The number of aliphatic hydroxyl groups is 1. The summed E-state index contributed by atoms with van der Waals surface area (Å²) in [7, 11) is 0. The zero-order valence-corrected chi connectivity index (χ0v) is 15.2. The summed E-state index contributed by atoms with van der Waals surface area (Å²) in [6.45, 7) is 0.211. The van der Waals surface area contributed by atoms with Gasteiger partial charge in [-0.15, -0.1) is 0 Å². The van der Waals surface area contributed by atoms with E-state index in [-0.39, 0.29) is 18.7 Å². The smallest absolute Gasteiger partial charge is 0.261 e. The molecule has 3 aromatic carbocycles. The number of rotatable bonds is 6.